The van der Waals surface area contributed by atoms with Crippen molar-refractivity contribution >= 4 is 0 Å². The first-order valence-corrected chi connectivity index (χ1v) is 3.78. The topological polar surface area (TPSA) is 60.7 Å². The van der Waals surface area contributed by atoms with Gasteiger partial charge in [-0.25, -0.2) is 0 Å². The highest BCUT2D eigenvalue weighted by atomic mass is 16.3. The molecule has 0 fully saturated rings. The fourth-order valence-electron chi connectivity index (χ4n) is 1.03. The Morgan fingerprint density at radius 3 is 2.58 bits per heavy atom. The quantitative estimate of drug-likeness (QED) is 0.581. The molecule has 0 amide bonds. The molecule has 66 valence electrons. The Balaban J connectivity index is 3.04. The molecule has 0 aromatic heterocycles. The summed E-state index contributed by atoms with van der Waals surface area (Å²) >= 11 is 0. The highest BCUT2D eigenvalue weighted by Crippen LogP contribution is 2.28. The zero-order valence-corrected chi connectivity index (χ0v) is 6.86. The van der Waals surface area contributed by atoms with Crippen LogP contribution in [0.5, 0.6) is 11.5 Å². The van der Waals surface area contributed by atoms with Crippen molar-refractivity contribution in [2.75, 3.05) is 6.61 Å². The standard InChI is InChI=1S/C9H12O3/c1-6(5-10)8-4-7(11)2-3-9(8)12/h2-4,6,10-12H,5H2,1H3. The lowest BCUT2D eigenvalue weighted by Gasteiger charge is -2.10. The lowest BCUT2D eigenvalue weighted by Crippen LogP contribution is -1.98. The van der Waals surface area contributed by atoms with Crippen LogP contribution in [0.2, 0.25) is 0 Å². The summed E-state index contributed by atoms with van der Waals surface area (Å²) < 4.78 is 0. The molecular weight excluding hydrogens is 156 g/mol. The number of benzene rings is 1. The maximum absolute atomic E-state index is 9.31. The zero-order valence-electron chi connectivity index (χ0n) is 6.86. The van der Waals surface area contributed by atoms with Crippen LogP contribution >= 0.6 is 0 Å². The van der Waals surface area contributed by atoms with Gasteiger partial charge in [0.15, 0.2) is 0 Å². The Morgan fingerprint density at radius 1 is 1.33 bits per heavy atom. The van der Waals surface area contributed by atoms with Gasteiger partial charge in [0.2, 0.25) is 0 Å². The van der Waals surface area contributed by atoms with Crippen LogP contribution in [0, 0.1) is 0 Å². The van der Waals surface area contributed by atoms with Gasteiger partial charge in [0.05, 0.1) is 0 Å². The van der Waals surface area contributed by atoms with Crippen molar-refractivity contribution in [3.8, 4) is 11.5 Å². The van der Waals surface area contributed by atoms with E-state index in [0.29, 0.717) is 5.56 Å². The summed E-state index contributed by atoms with van der Waals surface area (Å²) in [5, 5.41) is 27.2. The maximum Gasteiger partial charge on any atom is 0.119 e. The molecule has 1 rings (SSSR count). The van der Waals surface area contributed by atoms with Crippen LogP contribution in [0.15, 0.2) is 18.2 Å². The van der Waals surface area contributed by atoms with Gasteiger partial charge in [-0.05, 0) is 18.2 Å². The van der Waals surface area contributed by atoms with Crippen LogP contribution in [0.4, 0.5) is 0 Å². The summed E-state index contributed by atoms with van der Waals surface area (Å²) in [5.41, 5.74) is 0.567. The first kappa shape index (κ1) is 8.87. The van der Waals surface area contributed by atoms with Crippen molar-refractivity contribution in [1.82, 2.24) is 0 Å². The van der Waals surface area contributed by atoms with E-state index in [4.69, 9.17) is 10.2 Å². The first-order valence-electron chi connectivity index (χ1n) is 3.78. The SMILES string of the molecule is CC(CO)c1cc(O)ccc1O. The molecule has 1 atom stereocenters. The summed E-state index contributed by atoms with van der Waals surface area (Å²) in [4.78, 5) is 0. The molecule has 0 aliphatic heterocycles. The summed E-state index contributed by atoms with van der Waals surface area (Å²) in [5.74, 6) is 0.0505. The molecule has 1 unspecified atom stereocenters. The van der Waals surface area contributed by atoms with E-state index in [1.54, 1.807) is 6.92 Å². The number of hydrogen-bond donors (Lipinski definition) is 3. The minimum Gasteiger partial charge on any atom is -0.508 e. The van der Waals surface area contributed by atoms with Crippen LogP contribution in [0.25, 0.3) is 0 Å². The number of aliphatic hydroxyl groups excluding tert-OH is 1. The molecular formula is C9H12O3. The van der Waals surface area contributed by atoms with Crippen molar-refractivity contribution in [3.05, 3.63) is 23.8 Å². The van der Waals surface area contributed by atoms with Crippen molar-refractivity contribution in [2.45, 2.75) is 12.8 Å². The second kappa shape index (κ2) is 3.45. The van der Waals surface area contributed by atoms with Crippen LogP contribution in [0.3, 0.4) is 0 Å². The monoisotopic (exact) mass is 168 g/mol. The van der Waals surface area contributed by atoms with Crippen molar-refractivity contribution in [1.29, 1.82) is 0 Å². The second-order valence-electron chi connectivity index (χ2n) is 2.83. The number of phenols is 2. The minimum atomic E-state index is -0.155. The molecule has 0 aliphatic carbocycles. The van der Waals surface area contributed by atoms with Crippen molar-refractivity contribution < 1.29 is 15.3 Å². The Morgan fingerprint density at radius 2 is 2.00 bits per heavy atom. The Kier molecular flexibility index (Phi) is 2.55. The van der Waals surface area contributed by atoms with Gasteiger partial charge in [0.1, 0.15) is 11.5 Å². The fourth-order valence-corrected chi connectivity index (χ4v) is 1.03. The van der Waals surface area contributed by atoms with E-state index in [0.717, 1.165) is 0 Å². The van der Waals surface area contributed by atoms with Gasteiger partial charge in [-0.3, -0.25) is 0 Å². The Bertz CT molecular complexity index is 270. The van der Waals surface area contributed by atoms with E-state index < -0.39 is 0 Å². The van der Waals surface area contributed by atoms with E-state index in [2.05, 4.69) is 0 Å². The predicted molar refractivity (Wildman–Crippen MR) is 45.3 cm³/mol. The van der Waals surface area contributed by atoms with Gasteiger partial charge >= 0.3 is 0 Å². The number of aliphatic hydroxyl groups is 1. The van der Waals surface area contributed by atoms with E-state index in [1.165, 1.54) is 18.2 Å². The smallest absolute Gasteiger partial charge is 0.119 e. The van der Waals surface area contributed by atoms with Gasteiger partial charge in [-0.2, -0.15) is 0 Å². The molecule has 0 saturated carbocycles. The van der Waals surface area contributed by atoms with E-state index in [-0.39, 0.29) is 24.0 Å². The second-order valence-corrected chi connectivity index (χ2v) is 2.83. The van der Waals surface area contributed by atoms with E-state index in [9.17, 15) is 5.11 Å². The highest BCUT2D eigenvalue weighted by Gasteiger charge is 2.09. The summed E-state index contributed by atoms with van der Waals surface area (Å²) in [6.45, 7) is 1.73. The molecule has 12 heavy (non-hydrogen) atoms. The zero-order chi connectivity index (χ0) is 9.14. The lowest BCUT2D eigenvalue weighted by atomic mass is 10.0. The van der Waals surface area contributed by atoms with Crippen molar-refractivity contribution in [3.63, 3.8) is 0 Å². The van der Waals surface area contributed by atoms with Gasteiger partial charge in [-0.1, -0.05) is 6.92 Å². The molecule has 0 saturated heterocycles. The van der Waals surface area contributed by atoms with Crippen LogP contribution in [0.1, 0.15) is 18.4 Å². The maximum atomic E-state index is 9.31. The van der Waals surface area contributed by atoms with Gasteiger partial charge in [-0.15, -0.1) is 0 Å². The Labute approximate surface area is 70.9 Å². The lowest BCUT2D eigenvalue weighted by molar-refractivity contribution is 0.270. The molecule has 3 nitrogen and oxygen atoms in total. The molecule has 0 heterocycles. The third kappa shape index (κ3) is 1.68. The van der Waals surface area contributed by atoms with Crippen LogP contribution < -0.4 is 0 Å². The molecule has 3 heteroatoms. The molecule has 1 aromatic rings. The highest BCUT2D eigenvalue weighted by molar-refractivity contribution is 5.40. The fraction of sp³-hybridized carbons (Fsp3) is 0.333. The summed E-state index contributed by atoms with van der Waals surface area (Å²) in [7, 11) is 0. The normalized spacial score (nSPS) is 12.8. The van der Waals surface area contributed by atoms with Crippen LogP contribution in [-0.4, -0.2) is 21.9 Å². The third-order valence-electron chi connectivity index (χ3n) is 1.82. The number of aromatic hydroxyl groups is 2. The van der Waals surface area contributed by atoms with Gasteiger partial charge < -0.3 is 15.3 Å². The minimum absolute atomic E-state index is 0.0446. The molecule has 0 bridgehead atoms. The predicted octanol–water partition coefficient (Wildman–Crippen LogP) is 1.19. The van der Waals surface area contributed by atoms with Gasteiger partial charge in [0, 0.05) is 18.1 Å². The first-order chi connectivity index (χ1) is 5.65. The third-order valence-corrected chi connectivity index (χ3v) is 1.82. The molecule has 0 spiro atoms. The molecule has 1 aromatic carbocycles. The molecule has 0 radical (unpaired) electrons. The largest absolute Gasteiger partial charge is 0.508 e. The molecule has 3 N–H and O–H groups in total. The summed E-state index contributed by atoms with van der Waals surface area (Å²) in [6.07, 6.45) is 0. The van der Waals surface area contributed by atoms with Crippen molar-refractivity contribution in [2.24, 2.45) is 0 Å². The van der Waals surface area contributed by atoms with Gasteiger partial charge in [0.25, 0.3) is 0 Å². The average Bonchev–Trinajstić information content (AvgIpc) is 2.08. The average molecular weight is 168 g/mol. The van der Waals surface area contributed by atoms with E-state index >= 15 is 0 Å². The number of hydrogen-bond acceptors (Lipinski definition) is 3. The Hall–Kier alpha value is -1.22. The summed E-state index contributed by atoms with van der Waals surface area (Å²) in [6, 6.07) is 4.27. The van der Waals surface area contributed by atoms with E-state index in [1.807, 2.05) is 0 Å². The number of phenolic OH excluding ortho intramolecular Hbond substituents is 2. The number of rotatable bonds is 2. The molecule has 0 aliphatic rings. The van der Waals surface area contributed by atoms with Crippen LogP contribution in [-0.2, 0) is 0 Å².